The Hall–Kier alpha value is -0.0500. The summed E-state index contributed by atoms with van der Waals surface area (Å²) >= 11 is 3.30. The topological polar surface area (TPSA) is 29.1 Å². The monoisotopic (exact) mass is 193 g/mol. The van der Waals surface area contributed by atoms with E-state index in [1.807, 2.05) is 0 Å². The van der Waals surface area contributed by atoms with Crippen molar-refractivity contribution in [2.45, 2.75) is 19.8 Å². The van der Waals surface area contributed by atoms with Gasteiger partial charge in [0.25, 0.3) is 0 Å². The molecule has 0 rings (SSSR count). The summed E-state index contributed by atoms with van der Waals surface area (Å²) in [7, 11) is 0. The van der Waals surface area contributed by atoms with Crippen LogP contribution in [-0.2, 0) is 4.79 Å². The Labute approximate surface area is 64.1 Å². The number of rotatable bonds is 4. The first-order valence-electron chi connectivity index (χ1n) is 3.07. The quantitative estimate of drug-likeness (QED) is 0.530. The van der Waals surface area contributed by atoms with Crippen LogP contribution in [0.4, 0.5) is 0 Å². The van der Waals surface area contributed by atoms with E-state index in [1.54, 1.807) is 0 Å². The Kier molecular flexibility index (Phi) is 6.04. The molecule has 0 aliphatic heterocycles. The van der Waals surface area contributed by atoms with E-state index in [1.165, 1.54) is 6.92 Å². The molecule has 1 amide bonds. The lowest BCUT2D eigenvalue weighted by atomic mass is 10.3. The van der Waals surface area contributed by atoms with Crippen molar-refractivity contribution in [2.24, 2.45) is 0 Å². The summed E-state index contributed by atoms with van der Waals surface area (Å²) in [6, 6.07) is 0. The smallest absolute Gasteiger partial charge is 0.216 e. The van der Waals surface area contributed by atoms with Gasteiger partial charge >= 0.3 is 0 Å². The minimum Gasteiger partial charge on any atom is -0.356 e. The molecule has 0 saturated carbocycles. The highest BCUT2D eigenvalue weighted by Gasteiger charge is 1.88. The van der Waals surface area contributed by atoms with Gasteiger partial charge in [0.05, 0.1) is 0 Å². The maximum atomic E-state index is 10.3. The van der Waals surface area contributed by atoms with Crippen molar-refractivity contribution in [2.75, 3.05) is 11.9 Å². The summed E-state index contributed by atoms with van der Waals surface area (Å²) in [5.74, 6) is 0.0598. The fraction of sp³-hybridized carbons (Fsp3) is 0.833. The summed E-state index contributed by atoms with van der Waals surface area (Å²) in [5, 5.41) is 3.74. The van der Waals surface area contributed by atoms with Crippen molar-refractivity contribution in [3.8, 4) is 0 Å². The summed E-state index contributed by atoms with van der Waals surface area (Å²) < 4.78 is 0. The molecule has 1 N–H and O–H groups in total. The lowest BCUT2D eigenvalue weighted by Crippen LogP contribution is -2.20. The molecule has 0 unspecified atom stereocenters. The Morgan fingerprint density at radius 2 is 2.22 bits per heavy atom. The zero-order valence-corrected chi connectivity index (χ0v) is 7.20. The van der Waals surface area contributed by atoms with Crippen molar-refractivity contribution in [3.63, 3.8) is 0 Å². The Morgan fingerprint density at radius 3 is 2.67 bits per heavy atom. The Morgan fingerprint density at radius 1 is 1.56 bits per heavy atom. The molecule has 0 aliphatic rings. The van der Waals surface area contributed by atoms with E-state index < -0.39 is 0 Å². The van der Waals surface area contributed by atoms with E-state index >= 15 is 0 Å². The van der Waals surface area contributed by atoms with E-state index in [-0.39, 0.29) is 5.91 Å². The number of hydrogen-bond donors (Lipinski definition) is 1. The van der Waals surface area contributed by atoms with Gasteiger partial charge in [0.1, 0.15) is 0 Å². The van der Waals surface area contributed by atoms with Gasteiger partial charge in [0, 0.05) is 18.8 Å². The lowest BCUT2D eigenvalue weighted by Gasteiger charge is -1.97. The molecule has 0 aromatic heterocycles. The van der Waals surface area contributed by atoms with Crippen LogP contribution in [0.1, 0.15) is 19.8 Å². The number of hydrogen-bond acceptors (Lipinski definition) is 1. The van der Waals surface area contributed by atoms with E-state index in [0.29, 0.717) is 0 Å². The minimum absolute atomic E-state index is 0.0598. The molecular formula is C6H12BrNO. The number of unbranched alkanes of at least 4 members (excludes halogenated alkanes) is 1. The normalized spacial score (nSPS) is 9.11. The SMILES string of the molecule is CC(=O)NCCCCBr. The number of amides is 1. The highest BCUT2D eigenvalue weighted by molar-refractivity contribution is 9.09. The molecule has 0 fully saturated rings. The minimum atomic E-state index is 0.0598. The van der Waals surface area contributed by atoms with E-state index in [2.05, 4.69) is 21.2 Å². The number of alkyl halides is 1. The Bertz CT molecular complexity index is 85.1. The third-order valence-corrected chi connectivity index (χ3v) is 1.50. The van der Waals surface area contributed by atoms with E-state index in [4.69, 9.17) is 0 Å². The van der Waals surface area contributed by atoms with Gasteiger partial charge in [0.15, 0.2) is 0 Å². The van der Waals surface area contributed by atoms with Crippen LogP contribution in [0.15, 0.2) is 0 Å². The van der Waals surface area contributed by atoms with Gasteiger partial charge in [0.2, 0.25) is 5.91 Å². The highest BCUT2D eigenvalue weighted by Crippen LogP contribution is 1.90. The average Bonchev–Trinajstić information content (AvgIpc) is 1.80. The molecule has 54 valence electrons. The van der Waals surface area contributed by atoms with Crippen molar-refractivity contribution >= 4 is 21.8 Å². The zero-order valence-electron chi connectivity index (χ0n) is 5.61. The highest BCUT2D eigenvalue weighted by atomic mass is 79.9. The first-order valence-corrected chi connectivity index (χ1v) is 4.20. The Balaban J connectivity index is 2.83. The van der Waals surface area contributed by atoms with E-state index in [0.717, 1.165) is 24.7 Å². The number of nitrogens with one attached hydrogen (secondary N) is 1. The predicted octanol–water partition coefficient (Wildman–Crippen LogP) is 1.30. The van der Waals surface area contributed by atoms with Crippen LogP contribution in [0.25, 0.3) is 0 Å². The van der Waals surface area contributed by atoms with Crippen LogP contribution in [0.3, 0.4) is 0 Å². The maximum Gasteiger partial charge on any atom is 0.216 e. The number of carbonyl (C=O) groups excluding carboxylic acids is 1. The molecule has 2 nitrogen and oxygen atoms in total. The molecule has 0 heterocycles. The second-order valence-electron chi connectivity index (χ2n) is 1.88. The standard InChI is InChI=1S/C6H12BrNO/c1-6(9)8-5-3-2-4-7/h2-5H2,1H3,(H,8,9). The summed E-state index contributed by atoms with van der Waals surface area (Å²) in [5.41, 5.74) is 0. The van der Waals surface area contributed by atoms with Gasteiger partial charge in [-0.15, -0.1) is 0 Å². The summed E-state index contributed by atoms with van der Waals surface area (Å²) in [6.07, 6.45) is 2.19. The van der Waals surface area contributed by atoms with Crippen LogP contribution in [0, 0.1) is 0 Å². The second-order valence-corrected chi connectivity index (χ2v) is 2.67. The van der Waals surface area contributed by atoms with Crippen molar-refractivity contribution in [1.82, 2.24) is 5.32 Å². The van der Waals surface area contributed by atoms with Crippen molar-refractivity contribution in [1.29, 1.82) is 0 Å². The molecule has 0 aromatic carbocycles. The third-order valence-electron chi connectivity index (χ3n) is 0.934. The molecular weight excluding hydrogens is 182 g/mol. The van der Waals surface area contributed by atoms with Crippen LogP contribution < -0.4 is 5.32 Å². The largest absolute Gasteiger partial charge is 0.356 e. The van der Waals surface area contributed by atoms with Gasteiger partial charge < -0.3 is 5.32 Å². The number of halogens is 1. The predicted molar refractivity (Wildman–Crippen MR) is 41.7 cm³/mol. The average molecular weight is 194 g/mol. The number of carbonyl (C=O) groups is 1. The van der Waals surface area contributed by atoms with Crippen molar-refractivity contribution < 1.29 is 4.79 Å². The van der Waals surface area contributed by atoms with E-state index in [9.17, 15) is 4.79 Å². The van der Waals surface area contributed by atoms with Crippen LogP contribution in [0.5, 0.6) is 0 Å². The molecule has 0 aromatic rings. The van der Waals surface area contributed by atoms with Crippen LogP contribution in [0.2, 0.25) is 0 Å². The lowest BCUT2D eigenvalue weighted by molar-refractivity contribution is -0.118. The first kappa shape index (κ1) is 8.95. The summed E-state index contributed by atoms with van der Waals surface area (Å²) in [4.78, 5) is 10.3. The molecule has 0 aliphatic carbocycles. The molecule has 0 atom stereocenters. The maximum absolute atomic E-state index is 10.3. The molecule has 9 heavy (non-hydrogen) atoms. The van der Waals surface area contributed by atoms with Gasteiger partial charge in [-0.25, -0.2) is 0 Å². The first-order chi connectivity index (χ1) is 4.27. The van der Waals surface area contributed by atoms with Crippen LogP contribution >= 0.6 is 15.9 Å². The fourth-order valence-corrected chi connectivity index (χ4v) is 0.880. The van der Waals surface area contributed by atoms with Gasteiger partial charge in [-0.2, -0.15) is 0 Å². The fourth-order valence-electron chi connectivity index (χ4n) is 0.484. The molecule has 0 saturated heterocycles. The molecule has 0 spiro atoms. The molecule has 0 bridgehead atoms. The molecule has 0 radical (unpaired) electrons. The van der Waals surface area contributed by atoms with Crippen LogP contribution in [-0.4, -0.2) is 17.8 Å². The van der Waals surface area contributed by atoms with Gasteiger partial charge in [-0.3, -0.25) is 4.79 Å². The van der Waals surface area contributed by atoms with Gasteiger partial charge in [-0.1, -0.05) is 15.9 Å². The molecule has 3 heteroatoms. The van der Waals surface area contributed by atoms with Crippen molar-refractivity contribution in [3.05, 3.63) is 0 Å². The third kappa shape index (κ3) is 7.95. The summed E-state index contributed by atoms with van der Waals surface area (Å²) in [6.45, 7) is 2.34. The zero-order chi connectivity index (χ0) is 7.11. The van der Waals surface area contributed by atoms with Gasteiger partial charge in [-0.05, 0) is 12.8 Å². The second kappa shape index (κ2) is 6.08.